The molecule has 0 saturated heterocycles. The predicted octanol–water partition coefficient (Wildman–Crippen LogP) is 6.28. The molecule has 0 heterocycles. The molecule has 0 bridgehead atoms. The first kappa shape index (κ1) is 21.7. The largest absolute Gasteiger partial charge is 0.298 e. The standard InChI is InChI=1S/C26H23ClFNO/c1-19(17-29(2)18-21-7-4-3-5-8-21)26(30)25(22-9-6-10-24(28)16-22)15-20-11-13-23(27)14-12-20/h3-16H,1,17-18H2,2H3/b25-15-. The third-order valence-corrected chi connectivity index (χ3v) is 4.89. The van der Waals surface area contributed by atoms with Gasteiger partial charge in [0.2, 0.25) is 0 Å². The van der Waals surface area contributed by atoms with Gasteiger partial charge in [0.25, 0.3) is 0 Å². The highest BCUT2D eigenvalue weighted by Crippen LogP contribution is 2.24. The lowest BCUT2D eigenvalue weighted by Crippen LogP contribution is -2.23. The van der Waals surface area contributed by atoms with Crippen molar-refractivity contribution in [3.8, 4) is 0 Å². The minimum absolute atomic E-state index is 0.213. The summed E-state index contributed by atoms with van der Waals surface area (Å²) >= 11 is 5.97. The number of halogens is 2. The maximum absolute atomic E-state index is 13.8. The lowest BCUT2D eigenvalue weighted by atomic mass is 9.95. The summed E-state index contributed by atoms with van der Waals surface area (Å²) in [6, 6.07) is 23.2. The summed E-state index contributed by atoms with van der Waals surface area (Å²) in [5, 5.41) is 0.609. The molecule has 3 rings (SSSR count). The number of likely N-dealkylation sites (N-methyl/N-ethyl adjacent to an activating group) is 1. The second-order valence-corrected chi connectivity index (χ2v) is 7.65. The summed E-state index contributed by atoms with van der Waals surface area (Å²) in [5.41, 5.74) is 3.31. The van der Waals surface area contributed by atoms with E-state index in [9.17, 15) is 9.18 Å². The number of ketones is 1. The average molecular weight is 420 g/mol. The van der Waals surface area contributed by atoms with Crippen LogP contribution in [0.25, 0.3) is 11.6 Å². The number of hydrogen-bond acceptors (Lipinski definition) is 2. The van der Waals surface area contributed by atoms with Gasteiger partial charge in [0, 0.05) is 29.3 Å². The van der Waals surface area contributed by atoms with Gasteiger partial charge in [-0.3, -0.25) is 9.69 Å². The van der Waals surface area contributed by atoms with Gasteiger partial charge in [0.15, 0.2) is 5.78 Å². The van der Waals surface area contributed by atoms with E-state index in [1.807, 2.05) is 54.4 Å². The van der Waals surface area contributed by atoms with Crippen LogP contribution in [0.3, 0.4) is 0 Å². The van der Waals surface area contributed by atoms with Crippen molar-refractivity contribution in [2.24, 2.45) is 0 Å². The van der Waals surface area contributed by atoms with Gasteiger partial charge in [0.1, 0.15) is 5.82 Å². The number of allylic oxidation sites excluding steroid dienone is 1. The molecular formula is C26H23ClFNO. The van der Waals surface area contributed by atoms with Gasteiger partial charge in [-0.05, 0) is 54.1 Å². The fraction of sp³-hybridized carbons (Fsp3) is 0.115. The van der Waals surface area contributed by atoms with E-state index in [0.717, 1.165) is 11.1 Å². The molecule has 3 aromatic rings. The van der Waals surface area contributed by atoms with E-state index >= 15 is 0 Å². The molecule has 0 aromatic heterocycles. The maximum Gasteiger partial charge on any atom is 0.190 e. The molecule has 0 unspecified atom stereocenters. The molecule has 0 spiro atoms. The molecule has 0 aliphatic heterocycles. The van der Waals surface area contributed by atoms with Crippen LogP contribution in [0.4, 0.5) is 4.39 Å². The molecule has 0 saturated carbocycles. The Kier molecular flexibility index (Phi) is 7.34. The molecular weight excluding hydrogens is 397 g/mol. The highest BCUT2D eigenvalue weighted by atomic mass is 35.5. The molecule has 4 heteroatoms. The summed E-state index contributed by atoms with van der Waals surface area (Å²) in [4.78, 5) is 15.3. The minimum atomic E-state index is -0.394. The molecule has 30 heavy (non-hydrogen) atoms. The van der Waals surface area contributed by atoms with E-state index in [1.165, 1.54) is 12.1 Å². The Hall–Kier alpha value is -3.01. The molecule has 0 aliphatic carbocycles. The van der Waals surface area contributed by atoms with Crippen LogP contribution in [-0.4, -0.2) is 24.3 Å². The average Bonchev–Trinajstić information content (AvgIpc) is 2.73. The smallest absolute Gasteiger partial charge is 0.190 e. The topological polar surface area (TPSA) is 20.3 Å². The number of carbonyl (C=O) groups is 1. The van der Waals surface area contributed by atoms with Crippen LogP contribution in [0.5, 0.6) is 0 Å². The number of hydrogen-bond donors (Lipinski definition) is 0. The van der Waals surface area contributed by atoms with Gasteiger partial charge in [-0.15, -0.1) is 0 Å². The summed E-state index contributed by atoms with van der Waals surface area (Å²) < 4.78 is 13.8. The van der Waals surface area contributed by atoms with Crippen molar-refractivity contribution in [1.82, 2.24) is 4.90 Å². The van der Waals surface area contributed by atoms with Crippen molar-refractivity contribution in [1.29, 1.82) is 0 Å². The van der Waals surface area contributed by atoms with Gasteiger partial charge in [0.05, 0.1) is 0 Å². The van der Waals surface area contributed by atoms with Crippen LogP contribution in [0, 0.1) is 5.82 Å². The number of nitrogens with zero attached hydrogens (tertiary/aromatic N) is 1. The van der Waals surface area contributed by atoms with Crippen LogP contribution in [0.2, 0.25) is 5.02 Å². The van der Waals surface area contributed by atoms with E-state index in [-0.39, 0.29) is 5.78 Å². The zero-order valence-corrected chi connectivity index (χ0v) is 17.6. The predicted molar refractivity (Wildman–Crippen MR) is 123 cm³/mol. The maximum atomic E-state index is 13.8. The first-order valence-corrected chi connectivity index (χ1v) is 9.98. The number of Topliss-reactive ketones (excluding diaryl/α,β-unsaturated/α-hetero) is 1. The molecule has 0 radical (unpaired) electrons. The van der Waals surface area contributed by atoms with E-state index in [1.54, 1.807) is 30.3 Å². The highest BCUT2D eigenvalue weighted by Gasteiger charge is 2.18. The molecule has 0 atom stereocenters. The fourth-order valence-electron chi connectivity index (χ4n) is 3.20. The molecule has 0 fully saturated rings. The Morgan fingerprint density at radius 3 is 2.40 bits per heavy atom. The van der Waals surface area contributed by atoms with Crippen LogP contribution in [-0.2, 0) is 11.3 Å². The molecule has 0 N–H and O–H groups in total. The zero-order chi connectivity index (χ0) is 21.5. The number of benzene rings is 3. The van der Waals surface area contributed by atoms with Crippen molar-refractivity contribution in [3.63, 3.8) is 0 Å². The van der Waals surface area contributed by atoms with Gasteiger partial charge >= 0.3 is 0 Å². The summed E-state index contributed by atoms with van der Waals surface area (Å²) in [5.74, 6) is -0.607. The van der Waals surface area contributed by atoms with Crippen LogP contribution >= 0.6 is 11.6 Å². The van der Waals surface area contributed by atoms with E-state index in [4.69, 9.17) is 11.6 Å². The van der Waals surface area contributed by atoms with Gasteiger partial charge in [-0.1, -0.05) is 72.8 Å². The third kappa shape index (κ3) is 5.99. The molecule has 3 aromatic carbocycles. The van der Waals surface area contributed by atoms with Crippen molar-refractivity contribution in [3.05, 3.63) is 119 Å². The first-order chi connectivity index (χ1) is 14.4. The van der Waals surface area contributed by atoms with Gasteiger partial charge in [-0.25, -0.2) is 4.39 Å². The Labute approximate surface area is 181 Å². The first-order valence-electron chi connectivity index (χ1n) is 9.60. The fourth-order valence-corrected chi connectivity index (χ4v) is 3.33. The highest BCUT2D eigenvalue weighted by molar-refractivity contribution is 6.32. The lowest BCUT2D eigenvalue weighted by Gasteiger charge is -2.18. The van der Waals surface area contributed by atoms with Crippen LogP contribution in [0.15, 0.2) is 91.0 Å². The van der Waals surface area contributed by atoms with Crippen molar-refractivity contribution < 1.29 is 9.18 Å². The van der Waals surface area contributed by atoms with Crippen molar-refractivity contribution in [2.45, 2.75) is 6.54 Å². The van der Waals surface area contributed by atoms with Gasteiger partial charge < -0.3 is 0 Å². The molecule has 152 valence electrons. The Morgan fingerprint density at radius 1 is 1.03 bits per heavy atom. The zero-order valence-electron chi connectivity index (χ0n) is 16.8. The molecule has 0 aliphatic rings. The monoisotopic (exact) mass is 419 g/mol. The quantitative estimate of drug-likeness (QED) is 0.316. The number of rotatable bonds is 8. The van der Waals surface area contributed by atoms with Crippen LogP contribution in [0.1, 0.15) is 16.7 Å². The summed E-state index contributed by atoms with van der Waals surface area (Å²) in [6.07, 6.45) is 1.75. The van der Waals surface area contributed by atoms with Gasteiger partial charge in [-0.2, -0.15) is 0 Å². The second-order valence-electron chi connectivity index (χ2n) is 7.21. The summed E-state index contributed by atoms with van der Waals surface area (Å²) in [7, 11) is 1.94. The minimum Gasteiger partial charge on any atom is -0.298 e. The van der Waals surface area contributed by atoms with Crippen LogP contribution < -0.4 is 0 Å². The Bertz CT molecular complexity index is 1060. The van der Waals surface area contributed by atoms with E-state index < -0.39 is 5.82 Å². The lowest BCUT2D eigenvalue weighted by molar-refractivity contribution is -0.110. The Balaban J connectivity index is 1.84. The molecule has 2 nitrogen and oxygen atoms in total. The third-order valence-electron chi connectivity index (χ3n) is 4.64. The van der Waals surface area contributed by atoms with E-state index in [2.05, 4.69) is 6.58 Å². The number of carbonyl (C=O) groups excluding carboxylic acids is 1. The normalized spacial score (nSPS) is 11.5. The van der Waals surface area contributed by atoms with Crippen molar-refractivity contribution in [2.75, 3.05) is 13.6 Å². The van der Waals surface area contributed by atoms with E-state index in [0.29, 0.717) is 34.8 Å². The SMILES string of the molecule is C=C(CN(C)Cc1ccccc1)C(=O)/C(=C\c1ccc(Cl)cc1)c1cccc(F)c1. The molecule has 0 amide bonds. The summed E-state index contributed by atoms with van der Waals surface area (Å²) in [6.45, 7) is 5.12. The second kappa shape index (κ2) is 10.1. The van der Waals surface area contributed by atoms with Crippen molar-refractivity contribution >= 4 is 29.0 Å². The Morgan fingerprint density at radius 2 is 1.73 bits per heavy atom.